The first-order valence-corrected chi connectivity index (χ1v) is 8.70. The van der Waals surface area contributed by atoms with Crippen molar-refractivity contribution in [2.24, 2.45) is 0 Å². The van der Waals surface area contributed by atoms with Crippen molar-refractivity contribution in [2.75, 3.05) is 31.1 Å². The number of hydrogen-bond acceptors (Lipinski definition) is 6. The second kappa shape index (κ2) is 6.62. The van der Waals surface area contributed by atoms with Gasteiger partial charge in [-0.1, -0.05) is 13.8 Å². The number of aryl methyl sites for hydroxylation is 1. The minimum atomic E-state index is 0.0317. The number of aromatic nitrogens is 3. The summed E-state index contributed by atoms with van der Waals surface area (Å²) < 4.78 is 0. The largest absolute Gasteiger partial charge is 0.345 e. The quantitative estimate of drug-likeness (QED) is 0.864. The van der Waals surface area contributed by atoms with E-state index in [1.807, 2.05) is 25.7 Å². The van der Waals surface area contributed by atoms with Crippen LogP contribution in [0.2, 0.25) is 0 Å². The first-order chi connectivity index (χ1) is 11.1. The number of carbonyl (C=O) groups excluding carboxylic acids is 1. The van der Waals surface area contributed by atoms with Gasteiger partial charge in [-0.05, 0) is 12.8 Å². The maximum absolute atomic E-state index is 12.8. The van der Waals surface area contributed by atoms with E-state index >= 15 is 0 Å². The molecular formula is C16H21N5OS. The van der Waals surface area contributed by atoms with Crippen LogP contribution in [-0.4, -0.2) is 51.9 Å². The highest BCUT2D eigenvalue weighted by Crippen LogP contribution is 2.23. The van der Waals surface area contributed by atoms with Crippen LogP contribution in [0.1, 0.15) is 41.5 Å². The zero-order valence-corrected chi connectivity index (χ0v) is 14.5. The van der Waals surface area contributed by atoms with Crippen molar-refractivity contribution in [1.29, 1.82) is 0 Å². The maximum Gasteiger partial charge on any atom is 0.257 e. The first-order valence-electron chi connectivity index (χ1n) is 7.82. The third-order valence-corrected chi connectivity index (χ3v) is 4.98. The number of nitrogens with zero attached hydrogens (tertiary/aromatic N) is 5. The summed E-state index contributed by atoms with van der Waals surface area (Å²) >= 11 is 1.66. The number of thiazole rings is 1. The third-order valence-electron chi connectivity index (χ3n) is 3.96. The Morgan fingerprint density at radius 2 is 2.00 bits per heavy atom. The van der Waals surface area contributed by atoms with Crippen LogP contribution in [0, 0.1) is 6.92 Å². The van der Waals surface area contributed by atoms with Gasteiger partial charge in [-0.3, -0.25) is 4.79 Å². The molecule has 1 aliphatic heterocycles. The fraction of sp³-hybridized carbons (Fsp3) is 0.500. The molecule has 3 rings (SSSR count). The molecule has 1 fully saturated rings. The lowest BCUT2D eigenvalue weighted by Crippen LogP contribution is -2.49. The van der Waals surface area contributed by atoms with Gasteiger partial charge in [-0.25, -0.2) is 15.0 Å². The van der Waals surface area contributed by atoms with Crippen LogP contribution in [0.3, 0.4) is 0 Å². The van der Waals surface area contributed by atoms with Crippen molar-refractivity contribution >= 4 is 22.4 Å². The molecule has 0 spiro atoms. The minimum Gasteiger partial charge on any atom is -0.345 e. The van der Waals surface area contributed by atoms with Gasteiger partial charge in [0.15, 0.2) is 5.13 Å². The molecule has 2 aromatic heterocycles. The second-order valence-electron chi connectivity index (χ2n) is 6.03. The Morgan fingerprint density at radius 3 is 2.61 bits per heavy atom. The van der Waals surface area contributed by atoms with Crippen LogP contribution in [-0.2, 0) is 0 Å². The first kappa shape index (κ1) is 15.9. The predicted molar refractivity (Wildman–Crippen MR) is 91.1 cm³/mol. The lowest BCUT2D eigenvalue weighted by molar-refractivity contribution is 0.0744. The molecule has 6 nitrogen and oxygen atoms in total. The van der Waals surface area contributed by atoms with Gasteiger partial charge in [0.25, 0.3) is 5.91 Å². The average molecular weight is 331 g/mol. The third kappa shape index (κ3) is 3.34. The van der Waals surface area contributed by atoms with E-state index in [4.69, 9.17) is 0 Å². The van der Waals surface area contributed by atoms with Crippen LogP contribution in [0.15, 0.2) is 17.9 Å². The Kier molecular flexibility index (Phi) is 4.56. The number of carbonyl (C=O) groups is 1. The van der Waals surface area contributed by atoms with E-state index in [9.17, 15) is 4.79 Å². The van der Waals surface area contributed by atoms with E-state index < -0.39 is 0 Å². The van der Waals surface area contributed by atoms with E-state index in [-0.39, 0.29) is 11.8 Å². The molecule has 0 radical (unpaired) electrons. The van der Waals surface area contributed by atoms with Crippen LogP contribution in [0.4, 0.5) is 5.13 Å². The van der Waals surface area contributed by atoms with Crippen molar-refractivity contribution in [3.05, 3.63) is 34.9 Å². The summed E-state index contributed by atoms with van der Waals surface area (Å²) in [5.41, 5.74) is 2.50. The Labute approximate surface area is 140 Å². The van der Waals surface area contributed by atoms with Crippen LogP contribution < -0.4 is 4.90 Å². The van der Waals surface area contributed by atoms with Crippen LogP contribution >= 0.6 is 11.3 Å². The van der Waals surface area contributed by atoms with Crippen molar-refractivity contribution in [2.45, 2.75) is 26.7 Å². The molecule has 1 aliphatic rings. The van der Waals surface area contributed by atoms with Gasteiger partial charge in [0, 0.05) is 37.8 Å². The van der Waals surface area contributed by atoms with E-state index in [0.29, 0.717) is 18.7 Å². The van der Waals surface area contributed by atoms with Gasteiger partial charge >= 0.3 is 0 Å². The highest BCUT2D eigenvalue weighted by atomic mass is 32.1. The van der Waals surface area contributed by atoms with Crippen molar-refractivity contribution < 1.29 is 4.79 Å². The van der Waals surface area contributed by atoms with Gasteiger partial charge in [0.1, 0.15) is 6.33 Å². The van der Waals surface area contributed by atoms with Crippen molar-refractivity contribution in [3.8, 4) is 0 Å². The van der Waals surface area contributed by atoms with E-state index in [1.165, 1.54) is 6.33 Å². The molecule has 1 saturated heterocycles. The van der Waals surface area contributed by atoms with Gasteiger partial charge in [0.2, 0.25) is 0 Å². The zero-order valence-electron chi connectivity index (χ0n) is 13.7. The topological polar surface area (TPSA) is 62.2 Å². The summed E-state index contributed by atoms with van der Waals surface area (Å²) in [7, 11) is 0. The van der Waals surface area contributed by atoms with Crippen LogP contribution in [0.25, 0.3) is 0 Å². The summed E-state index contributed by atoms with van der Waals surface area (Å²) in [6, 6.07) is 0. The highest BCUT2D eigenvalue weighted by Gasteiger charge is 2.26. The standard InChI is InChI=1S/C16H21N5OS/c1-11(2)14-13(8-17-10-18-14)15(22)20-4-6-21(7-5-20)16-19-12(3)9-23-16/h8-11H,4-7H2,1-3H3. The molecule has 0 aromatic carbocycles. The van der Waals surface area contributed by atoms with Gasteiger partial charge in [-0.2, -0.15) is 0 Å². The molecule has 0 bridgehead atoms. The summed E-state index contributed by atoms with van der Waals surface area (Å²) in [4.78, 5) is 29.8. The van der Waals surface area contributed by atoms with Gasteiger partial charge in [0.05, 0.1) is 17.0 Å². The molecule has 3 heterocycles. The molecule has 0 atom stereocenters. The summed E-state index contributed by atoms with van der Waals surface area (Å²) in [6.45, 7) is 9.10. The monoisotopic (exact) mass is 331 g/mol. The molecule has 7 heteroatoms. The molecule has 0 saturated carbocycles. The number of anilines is 1. The fourth-order valence-electron chi connectivity index (χ4n) is 2.72. The van der Waals surface area contributed by atoms with Gasteiger partial charge < -0.3 is 9.80 Å². The smallest absolute Gasteiger partial charge is 0.257 e. The summed E-state index contributed by atoms with van der Waals surface area (Å²) in [6.07, 6.45) is 3.15. The van der Waals surface area contributed by atoms with E-state index in [1.54, 1.807) is 17.5 Å². The Bertz CT molecular complexity index is 691. The molecule has 0 N–H and O–H groups in total. The SMILES string of the molecule is Cc1csc(N2CCN(C(=O)c3cncnc3C(C)C)CC2)n1. The molecule has 0 aliphatic carbocycles. The summed E-state index contributed by atoms with van der Waals surface area (Å²) in [5, 5.41) is 3.10. The van der Waals surface area contributed by atoms with Crippen LogP contribution in [0.5, 0.6) is 0 Å². The summed E-state index contributed by atoms with van der Waals surface area (Å²) in [5.74, 6) is 0.237. The number of hydrogen-bond donors (Lipinski definition) is 0. The average Bonchev–Trinajstić information content (AvgIpc) is 3.01. The number of amides is 1. The molecule has 122 valence electrons. The fourth-order valence-corrected chi connectivity index (χ4v) is 3.58. The normalized spacial score (nSPS) is 15.3. The van der Waals surface area contributed by atoms with Crippen molar-refractivity contribution in [3.63, 3.8) is 0 Å². The Balaban J connectivity index is 1.69. The molecule has 0 unspecified atom stereocenters. The lowest BCUT2D eigenvalue weighted by Gasteiger charge is -2.34. The lowest BCUT2D eigenvalue weighted by atomic mass is 10.0. The number of rotatable bonds is 3. The maximum atomic E-state index is 12.8. The zero-order chi connectivity index (χ0) is 16.4. The minimum absolute atomic E-state index is 0.0317. The molecular weight excluding hydrogens is 310 g/mol. The molecule has 1 amide bonds. The van der Waals surface area contributed by atoms with Crippen molar-refractivity contribution in [1.82, 2.24) is 19.9 Å². The second-order valence-corrected chi connectivity index (χ2v) is 6.86. The molecule has 23 heavy (non-hydrogen) atoms. The van der Waals surface area contributed by atoms with Gasteiger partial charge in [-0.15, -0.1) is 11.3 Å². The predicted octanol–water partition coefficient (Wildman–Crippen LogP) is 2.33. The number of piperazine rings is 1. The van der Waals surface area contributed by atoms with E-state index in [0.717, 1.165) is 29.6 Å². The molecule has 2 aromatic rings. The highest BCUT2D eigenvalue weighted by molar-refractivity contribution is 7.13. The Hall–Kier alpha value is -2.02. The van der Waals surface area contributed by atoms with E-state index in [2.05, 4.69) is 25.2 Å². The Morgan fingerprint density at radius 1 is 1.26 bits per heavy atom.